The Morgan fingerprint density at radius 3 is 2.40 bits per heavy atom. The Morgan fingerprint density at radius 2 is 1.87 bits per heavy atom. The second kappa shape index (κ2) is 4.42. The molecule has 0 bridgehead atoms. The lowest BCUT2D eigenvalue weighted by atomic mass is 10.2. The quantitative estimate of drug-likeness (QED) is 0.673. The van der Waals surface area contributed by atoms with Crippen molar-refractivity contribution in [2.24, 2.45) is 5.10 Å². The standard InChI is InChI=1S/C10H15N3O2/c14-9-7-8(11-12-9)10(15)13-5-3-1-2-4-6-13/h1-7H2,(H,12,14). The Morgan fingerprint density at radius 1 is 1.20 bits per heavy atom. The number of hydrogen-bond acceptors (Lipinski definition) is 3. The summed E-state index contributed by atoms with van der Waals surface area (Å²) in [5, 5.41) is 3.75. The maximum Gasteiger partial charge on any atom is 0.270 e. The molecule has 0 aliphatic carbocycles. The molecule has 2 amide bonds. The van der Waals surface area contributed by atoms with E-state index in [0.717, 1.165) is 25.9 Å². The van der Waals surface area contributed by atoms with Crippen molar-refractivity contribution in [1.29, 1.82) is 0 Å². The molecule has 2 aliphatic heterocycles. The normalized spacial score (nSPS) is 22.0. The minimum atomic E-state index is -0.187. The second-order valence-corrected chi connectivity index (χ2v) is 3.98. The highest BCUT2D eigenvalue weighted by molar-refractivity contribution is 6.43. The lowest BCUT2D eigenvalue weighted by molar-refractivity contribution is -0.125. The van der Waals surface area contributed by atoms with Crippen molar-refractivity contribution in [3.8, 4) is 0 Å². The van der Waals surface area contributed by atoms with Gasteiger partial charge in [0.25, 0.3) is 5.91 Å². The van der Waals surface area contributed by atoms with Gasteiger partial charge in [0.2, 0.25) is 5.91 Å². The molecule has 0 radical (unpaired) electrons. The van der Waals surface area contributed by atoms with Gasteiger partial charge in [0.1, 0.15) is 5.71 Å². The molecular formula is C10H15N3O2. The lowest BCUT2D eigenvalue weighted by Gasteiger charge is -2.19. The third-order valence-electron chi connectivity index (χ3n) is 2.78. The van der Waals surface area contributed by atoms with Crippen molar-refractivity contribution in [3.05, 3.63) is 0 Å². The first kappa shape index (κ1) is 10.1. The largest absolute Gasteiger partial charge is 0.338 e. The summed E-state index contributed by atoms with van der Waals surface area (Å²) in [6.45, 7) is 1.60. The fraction of sp³-hybridized carbons (Fsp3) is 0.700. The van der Waals surface area contributed by atoms with Gasteiger partial charge in [-0.3, -0.25) is 9.59 Å². The van der Waals surface area contributed by atoms with E-state index < -0.39 is 0 Å². The number of nitrogens with zero attached hydrogens (tertiary/aromatic N) is 2. The SMILES string of the molecule is O=C1CC(C(=O)N2CCCCCC2)=NN1. The number of amides is 2. The Kier molecular flexibility index (Phi) is 2.99. The molecule has 0 aromatic rings. The molecular weight excluding hydrogens is 194 g/mol. The third kappa shape index (κ3) is 2.34. The van der Waals surface area contributed by atoms with Crippen LogP contribution in [0.1, 0.15) is 32.1 Å². The number of hydrazone groups is 1. The van der Waals surface area contributed by atoms with E-state index in [-0.39, 0.29) is 18.2 Å². The van der Waals surface area contributed by atoms with E-state index in [1.807, 2.05) is 4.90 Å². The summed E-state index contributed by atoms with van der Waals surface area (Å²) >= 11 is 0. The molecule has 5 nitrogen and oxygen atoms in total. The average molecular weight is 209 g/mol. The molecule has 0 spiro atoms. The van der Waals surface area contributed by atoms with Crippen molar-refractivity contribution < 1.29 is 9.59 Å². The number of carbonyl (C=O) groups is 2. The number of carbonyl (C=O) groups excluding carboxylic acids is 2. The summed E-state index contributed by atoms with van der Waals surface area (Å²) in [6, 6.07) is 0. The lowest BCUT2D eigenvalue weighted by Crippen LogP contribution is -2.36. The van der Waals surface area contributed by atoms with E-state index in [2.05, 4.69) is 10.5 Å². The van der Waals surface area contributed by atoms with Gasteiger partial charge >= 0.3 is 0 Å². The van der Waals surface area contributed by atoms with Gasteiger partial charge < -0.3 is 4.90 Å². The monoisotopic (exact) mass is 209 g/mol. The molecule has 15 heavy (non-hydrogen) atoms. The van der Waals surface area contributed by atoms with Gasteiger partial charge in [-0.25, -0.2) is 5.43 Å². The number of hydrogen-bond donors (Lipinski definition) is 1. The van der Waals surface area contributed by atoms with Crippen LogP contribution < -0.4 is 5.43 Å². The first-order valence-corrected chi connectivity index (χ1v) is 5.42. The maximum absolute atomic E-state index is 11.9. The van der Waals surface area contributed by atoms with Crippen molar-refractivity contribution in [3.63, 3.8) is 0 Å². The Balaban J connectivity index is 1.97. The van der Waals surface area contributed by atoms with Crippen LogP contribution in [0.4, 0.5) is 0 Å². The zero-order chi connectivity index (χ0) is 10.7. The fourth-order valence-electron chi connectivity index (χ4n) is 1.94. The fourth-order valence-corrected chi connectivity index (χ4v) is 1.94. The predicted molar refractivity (Wildman–Crippen MR) is 55.2 cm³/mol. The molecule has 0 saturated carbocycles. The van der Waals surface area contributed by atoms with Gasteiger partial charge in [-0.15, -0.1) is 0 Å². The molecule has 0 atom stereocenters. The summed E-state index contributed by atoms with van der Waals surface area (Å²) in [6.07, 6.45) is 4.62. The van der Waals surface area contributed by atoms with E-state index in [9.17, 15) is 9.59 Å². The van der Waals surface area contributed by atoms with Crippen LogP contribution in [0.3, 0.4) is 0 Å². The summed E-state index contributed by atoms with van der Waals surface area (Å²) in [7, 11) is 0. The molecule has 5 heteroatoms. The van der Waals surface area contributed by atoms with Crippen LogP contribution in [0.2, 0.25) is 0 Å². The molecule has 2 aliphatic rings. The topological polar surface area (TPSA) is 61.8 Å². The van der Waals surface area contributed by atoms with E-state index in [1.54, 1.807) is 0 Å². The van der Waals surface area contributed by atoms with Crippen LogP contribution >= 0.6 is 0 Å². The highest BCUT2D eigenvalue weighted by Crippen LogP contribution is 2.11. The zero-order valence-corrected chi connectivity index (χ0v) is 8.66. The molecule has 1 saturated heterocycles. The molecule has 1 fully saturated rings. The van der Waals surface area contributed by atoms with Crippen molar-refractivity contribution in [2.75, 3.05) is 13.1 Å². The van der Waals surface area contributed by atoms with Gasteiger partial charge in [-0.1, -0.05) is 12.8 Å². The number of rotatable bonds is 1. The van der Waals surface area contributed by atoms with Crippen LogP contribution in [-0.2, 0) is 9.59 Å². The Hall–Kier alpha value is -1.39. The highest BCUT2D eigenvalue weighted by atomic mass is 16.2. The summed E-state index contributed by atoms with van der Waals surface area (Å²) in [4.78, 5) is 24.6. The van der Waals surface area contributed by atoms with Gasteiger partial charge in [-0.2, -0.15) is 5.10 Å². The van der Waals surface area contributed by atoms with Crippen LogP contribution in [0, 0.1) is 0 Å². The summed E-state index contributed by atoms with van der Waals surface area (Å²) < 4.78 is 0. The second-order valence-electron chi connectivity index (χ2n) is 3.98. The zero-order valence-electron chi connectivity index (χ0n) is 8.66. The third-order valence-corrected chi connectivity index (χ3v) is 2.78. The van der Waals surface area contributed by atoms with Crippen LogP contribution in [0.15, 0.2) is 5.10 Å². The first-order chi connectivity index (χ1) is 7.27. The Labute approximate surface area is 88.5 Å². The molecule has 82 valence electrons. The van der Waals surface area contributed by atoms with Crippen LogP contribution in [-0.4, -0.2) is 35.5 Å². The average Bonchev–Trinajstić information content (AvgIpc) is 2.53. The number of nitrogens with one attached hydrogen (secondary N) is 1. The molecule has 2 heterocycles. The first-order valence-electron chi connectivity index (χ1n) is 5.42. The summed E-state index contributed by atoms with van der Waals surface area (Å²) in [5.41, 5.74) is 2.67. The molecule has 2 rings (SSSR count). The maximum atomic E-state index is 11.9. The minimum absolute atomic E-state index is 0.0738. The van der Waals surface area contributed by atoms with E-state index in [4.69, 9.17) is 0 Å². The highest BCUT2D eigenvalue weighted by Gasteiger charge is 2.26. The smallest absolute Gasteiger partial charge is 0.270 e. The van der Waals surface area contributed by atoms with Crippen molar-refractivity contribution in [2.45, 2.75) is 32.1 Å². The van der Waals surface area contributed by atoms with E-state index in [1.165, 1.54) is 12.8 Å². The molecule has 1 N–H and O–H groups in total. The minimum Gasteiger partial charge on any atom is -0.338 e. The van der Waals surface area contributed by atoms with Crippen molar-refractivity contribution >= 4 is 17.5 Å². The van der Waals surface area contributed by atoms with Gasteiger partial charge in [-0.05, 0) is 12.8 Å². The van der Waals surface area contributed by atoms with Crippen LogP contribution in [0.5, 0.6) is 0 Å². The molecule has 0 aromatic heterocycles. The van der Waals surface area contributed by atoms with Gasteiger partial charge in [0.15, 0.2) is 0 Å². The summed E-state index contributed by atoms with van der Waals surface area (Å²) in [5.74, 6) is -0.261. The van der Waals surface area contributed by atoms with E-state index in [0.29, 0.717) is 5.71 Å². The van der Waals surface area contributed by atoms with E-state index >= 15 is 0 Å². The van der Waals surface area contributed by atoms with Gasteiger partial charge in [0, 0.05) is 13.1 Å². The molecule has 0 unspecified atom stereocenters. The van der Waals surface area contributed by atoms with Gasteiger partial charge in [0.05, 0.1) is 6.42 Å². The van der Waals surface area contributed by atoms with Crippen molar-refractivity contribution in [1.82, 2.24) is 10.3 Å². The number of likely N-dealkylation sites (tertiary alicyclic amines) is 1. The Bertz CT molecular complexity index is 304. The molecule has 0 aromatic carbocycles. The predicted octanol–water partition coefficient (Wildman–Crippen LogP) is 0.265. The van der Waals surface area contributed by atoms with Crippen LogP contribution in [0.25, 0.3) is 0 Å².